The summed E-state index contributed by atoms with van der Waals surface area (Å²) in [6.07, 6.45) is 2.23. The second-order valence-corrected chi connectivity index (χ2v) is 13.8. The van der Waals surface area contributed by atoms with Gasteiger partial charge in [-0.2, -0.15) is 5.01 Å². The number of nitrogens with zero attached hydrogens (tertiary/aromatic N) is 2. The van der Waals surface area contributed by atoms with Crippen LogP contribution in [0.2, 0.25) is 10.0 Å². The van der Waals surface area contributed by atoms with Crippen molar-refractivity contribution in [2.24, 2.45) is 23.7 Å². The van der Waals surface area contributed by atoms with Crippen LogP contribution in [0.5, 0.6) is 5.75 Å². The summed E-state index contributed by atoms with van der Waals surface area (Å²) in [6.45, 7) is 0. The molecule has 4 amide bonds. The SMILES string of the molecule is O=C1C2CC3C(=CCC4C(=O)N(c5ccc(Cl)cc5)C(=O)C43)C(c3ccccc3O)C2(c2ccc(Cl)cc2)C(=O)N1Nc1ccc(F)cc1. The van der Waals surface area contributed by atoms with Crippen LogP contribution in [-0.2, 0) is 24.6 Å². The van der Waals surface area contributed by atoms with Gasteiger partial charge >= 0.3 is 0 Å². The number of halogens is 3. The van der Waals surface area contributed by atoms with Crippen LogP contribution >= 0.6 is 23.2 Å². The second kappa shape index (κ2) is 11.6. The van der Waals surface area contributed by atoms with Gasteiger partial charge in [-0.3, -0.25) is 29.5 Å². The number of phenols is 1. The molecule has 0 radical (unpaired) electrons. The number of fused-ring (bicyclic) bond motifs is 4. The number of allylic oxidation sites excluding steroid dienone is 2. The Morgan fingerprint density at radius 1 is 0.776 bits per heavy atom. The van der Waals surface area contributed by atoms with Crippen molar-refractivity contribution in [2.45, 2.75) is 24.2 Å². The monoisotopic (exact) mass is 695 g/mol. The molecule has 3 fully saturated rings. The molecule has 0 spiro atoms. The molecule has 49 heavy (non-hydrogen) atoms. The summed E-state index contributed by atoms with van der Waals surface area (Å²) in [6, 6.07) is 25.2. The number of hydrazine groups is 1. The van der Waals surface area contributed by atoms with Crippen LogP contribution in [0.15, 0.2) is 109 Å². The number of nitrogens with one attached hydrogen (secondary N) is 1. The molecule has 2 aliphatic heterocycles. The number of phenolic OH excluding ortho intramolecular Hbond substituents is 1. The van der Waals surface area contributed by atoms with E-state index in [1.165, 1.54) is 35.2 Å². The normalized spacial score (nSPS) is 27.5. The molecular weight excluding hydrogens is 668 g/mol. The number of aromatic hydroxyl groups is 1. The highest BCUT2D eigenvalue weighted by Gasteiger charge is 2.70. The minimum absolute atomic E-state index is 0.0786. The van der Waals surface area contributed by atoms with Crippen LogP contribution in [0, 0.1) is 29.5 Å². The lowest BCUT2D eigenvalue weighted by atomic mass is 9.49. The minimum atomic E-state index is -1.58. The average Bonchev–Trinajstić information content (AvgIpc) is 3.48. The molecular formula is C38H28Cl2FN3O5. The first kappa shape index (κ1) is 31.3. The lowest BCUT2D eigenvalue weighted by molar-refractivity contribution is -0.138. The maximum absolute atomic E-state index is 15.1. The first-order valence-electron chi connectivity index (χ1n) is 15.9. The average molecular weight is 697 g/mol. The van der Waals surface area contributed by atoms with Crippen molar-refractivity contribution >= 4 is 58.2 Å². The number of imide groups is 2. The fourth-order valence-corrected chi connectivity index (χ4v) is 8.83. The fraction of sp³-hybridized carbons (Fsp3) is 0.211. The summed E-state index contributed by atoms with van der Waals surface area (Å²) in [4.78, 5) is 59.1. The van der Waals surface area contributed by atoms with Gasteiger partial charge in [0.1, 0.15) is 11.6 Å². The van der Waals surface area contributed by atoms with Crippen LogP contribution in [0.4, 0.5) is 15.8 Å². The van der Waals surface area contributed by atoms with Gasteiger partial charge < -0.3 is 5.11 Å². The van der Waals surface area contributed by atoms with Crippen molar-refractivity contribution in [1.29, 1.82) is 0 Å². The number of carbonyl (C=O) groups excluding carboxylic acids is 4. The molecule has 11 heteroatoms. The summed E-state index contributed by atoms with van der Waals surface area (Å²) >= 11 is 12.4. The molecule has 2 saturated heterocycles. The lowest BCUT2D eigenvalue weighted by Crippen LogP contribution is -2.53. The van der Waals surface area contributed by atoms with Crippen LogP contribution in [0.25, 0.3) is 0 Å². The second-order valence-electron chi connectivity index (χ2n) is 12.9. The summed E-state index contributed by atoms with van der Waals surface area (Å²) < 4.78 is 13.8. The molecule has 0 aromatic heterocycles. The molecule has 4 aromatic carbocycles. The van der Waals surface area contributed by atoms with Crippen LogP contribution in [0.1, 0.15) is 29.9 Å². The molecule has 2 aliphatic carbocycles. The number of para-hydroxylation sites is 1. The van der Waals surface area contributed by atoms with E-state index in [0.717, 1.165) is 5.01 Å². The largest absolute Gasteiger partial charge is 0.508 e. The maximum Gasteiger partial charge on any atom is 0.260 e. The van der Waals surface area contributed by atoms with E-state index in [1.54, 1.807) is 66.7 Å². The third-order valence-electron chi connectivity index (χ3n) is 10.6. The molecule has 1 saturated carbocycles. The first-order chi connectivity index (χ1) is 23.6. The summed E-state index contributed by atoms with van der Waals surface area (Å²) in [5.41, 5.74) is 3.68. The summed E-state index contributed by atoms with van der Waals surface area (Å²) in [5, 5.41) is 13.3. The molecule has 4 aromatic rings. The number of carbonyl (C=O) groups is 4. The number of hydrogen-bond donors (Lipinski definition) is 2. The lowest BCUT2D eigenvalue weighted by Gasteiger charge is -2.50. The van der Waals surface area contributed by atoms with Gasteiger partial charge in [0.25, 0.3) is 11.8 Å². The van der Waals surface area contributed by atoms with Gasteiger partial charge in [-0.1, -0.05) is 65.2 Å². The standard InChI is InChI=1S/C38H28Cl2FN3O5/c39-21-7-5-20(6-8-21)38-30(35(47)44(37(38)49)42-24-13-11-23(41)12-14-24)19-29-26(33(38)27-3-1-2-4-31(27)45)17-18-28-32(29)36(48)43(34(28)46)25-15-9-22(40)10-16-25/h1-17,28-30,32-33,42,45H,18-19H2. The third kappa shape index (κ3) is 4.63. The van der Waals surface area contributed by atoms with Gasteiger partial charge in [0.05, 0.1) is 34.5 Å². The minimum Gasteiger partial charge on any atom is -0.508 e. The van der Waals surface area contributed by atoms with Gasteiger partial charge in [0.2, 0.25) is 11.8 Å². The molecule has 8 rings (SSSR count). The number of anilines is 2. The molecule has 8 nitrogen and oxygen atoms in total. The highest BCUT2D eigenvalue weighted by Crippen LogP contribution is 2.65. The van der Waals surface area contributed by atoms with E-state index < -0.39 is 52.6 Å². The van der Waals surface area contributed by atoms with Crippen molar-refractivity contribution in [3.63, 3.8) is 0 Å². The van der Waals surface area contributed by atoms with Crippen LogP contribution < -0.4 is 10.3 Å². The van der Waals surface area contributed by atoms with Gasteiger partial charge in [-0.15, -0.1) is 0 Å². The molecule has 0 bridgehead atoms. The molecule has 2 heterocycles. The Balaban J connectivity index is 1.32. The first-order valence-corrected chi connectivity index (χ1v) is 16.6. The van der Waals surface area contributed by atoms with E-state index in [2.05, 4.69) is 5.43 Å². The molecule has 246 valence electrons. The van der Waals surface area contributed by atoms with E-state index >= 15 is 4.79 Å². The number of amides is 4. The Bertz CT molecular complexity index is 2070. The highest BCUT2D eigenvalue weighted by molar-refractivity contribution is 6.31. The number of hydrogen-bond acceptors (Lipinski definition) is 6. The Labute approximate surface area is 290 Å². The van der Waals surface area contributed by atoms with Crippen molar-refractivity contribution in [3.8, 4) is 5.75 Å². The van der Waals surface area contributed by atoms with E-state index in [0.29, 0.717) is 38.1 Å². The fourth-order valence-electron chi connectivity index (χ4n) is 8.58. The molecule has 2 N–H and O–H groups in total. The Hall–Kier alpha value is -4.99. The summed E-state index contributed by atoms with van der Waals surface area (Å²) in [5.74, 6) is -6.41. The number of rotatable bonds is 5. The Kier molecular flexibility index (Phi) is 7.39. The van der Waals surface area contributed by atoms with Crippen LogP contribution in [-0.4, -0.2) is 33.7 Å². The predicted octanol–water partition coefficient (Wildman–Crippen LogP) is 7.03. The van der Waals surface area contributed by atoms with Crippen molar-refractivity contribution < 1.29 is 28.7 Å². The molecule has 4 aliphatic rings. The van der Waals surface area contributed by atoms with Crippen molar-refractivity contribution in [3.05, 3.63) is 136 Å². The highest BCUT2D eigenvalue weighted by atomic mass is 35.5. The third-order valence-corrected chi connectivity index (χ3v) is 11.1. The van der Waals surface area contributed by atoms with E-state index in [4.69, 9.17) is 23.2 Å². The van der Waals surface area contributed by atoms with Crippen molar-refractivity contribution in [1.82, 2.24) is 5.01 Å². The topological polar surface area (TPSA) is 107 Å². The predicted molar refractivity (Wildman–Crippen MR) is 181 cm³/mol. The zero-order chi connectivity index (χ0) is 34.2. The van der Waals surface area contributed by atoms with E-state index in [1.807, 2.05) is 6.08 Å². The molecule has 6 atom stereocenters. The zero-order valence-electron chi connectivity index (χ0n) is 25.7. The van der Waals surface area contributed by atoms with E-state index in [-0.39, 0.29) is 30.4 Å². The van der Waals surface area contributed by atoms with E-state index in [9.17, 15) is 23.9 Å². The quantitative estimate of drug-likeness (QED) is 0.172. The van der Waals surface area contributed by atoms with Gasteiger partial charge in [0, 0.05) is 21.5 Å². The van der Waals surface area contributed by atoms with Gasteiger partial charge in [-0.05, 0) is 91.1 Å². The van der Waals surface area contributed by atoms with Gasteiger partial charge in [-0.25, -0.2) is 4.39 Å². The molecule has 6 unspecified atom stereocenters. The smallest absolute Gasteiger partial charge is 0.260 e. The zero-order valence-corrected chi connectivity index (χ0v) is 27.2. The van der Waals surface area contributed by atoms with Crippen LogP contribution in [0.3, 0.4) is 0 Å². The Morgan fingerprint density at radius 2 is 1.43 bits per heavy atom. The van der Waals surface area contributed by atoms with Crippen molar-refractivity contribution in [2.75, 3.05) is 10.3 Å². The number of benzene rings is 4. The summed E-state index contributed by atoms with van der Waals surface area (Å²) in [7, 11) is 0. The van der Waals surface area contributed by atoms with Gasteiger partial charge in [0.15, 0.2) is 0 Å². The maximum atomic E-state index is 15.1. The Morgan fingerprint density at radius 3 is 2.10 bits per heavy atom.